The van der Waals surface area contributed by atoms with Crippen molar-refractivity contribution in [3.8, 4) is 0 Å². The predicted octanol–water partition coefficient (Wildman–Crippen LogP) is 1.31. The lowest BCUT2D eigenvalue weighted by molar-refractivity contribution is -0.101. The molecule has 2 N–H and O–H groups in total. The first kappa shape index (κ1) is 14.8. The second-order valence-electron chi connectivity index (χ2n) is 6.74. The zero-order valence-corrected chi connectivity index (χ0v) is 12.9. The van der Waals surface area contributed by atoms with Crippen LogP contribution in [-0.2, 0) is 11.3 Å². The number of pyridine rings is 1. The molecule has 1 unspecified atom stereocenters. The molecule has 0 bridgehead atoms. The first-order valence-electron chi connectivity index (χ1n) is 7.78. The molecule has 0 amide bonds. The van der Waals surface area contributed by atoms with Gasteiger partial charge in [0.25, 0.3) is 0 Å². The van der Waals surface area contributed by atoms with Gasteiger partial charge in [-0.1, -0.05) is 6.07 Å². The van der Waals surface area contributed by atoms with Crippen molar-refractivity contribution in [3.63, 3.8) is 0 Å². The lowest BCUT2D eigenvalue weighted by Crippen LogP contribution is -2.54. The van der Waals surface area contributed by atoms with Gasteiger partial charge in [0.05, 0.1) is 18.3 Å². The van der Waals surface area contributed by atoms with Gasteiger partial charge >= 0.3 is 0 Å². The average molecular weight is 291 g/mol. The molecule has 116 valence electrons. The molecule has 1 aliphatic carbocycles. The second kappa shape index (κ2) is 5.91. The van der Waals surface area contributed by atoms with E-state index < -0.39 is 0 Å². The Kier molecular flexibility index (Phi) is 4.15. The maximum Gasteiger partial charge on any atom is 0.128 e. The van der Waals surface area contributed by atoms with Gasteiger partial charge in [0.2, 0.25) is 0 Å². The summed E-state index contributed by atoms with van der Waals surface area (Å²) in [4.78, 5) is 6.78. The average Bonchev–Trinajstić information content (AvgIpc) is 3.28. The normalized spacial score (nSPS) is 25.1. The molecule has 1 saturated carbocycles. The number of aliphatic hydroxyl groups is 1. The summed E-state index contributed by atoms with van der Waals surface area (Å²) in [5.41, 5.74) is 0.955. The summed E-state index contributed by atoms with van der Waals surface area (Å²) in [6.07, 6.45) is 4.40. The maximum atomic E-state index is 9.38. The van der Waals surface area contributed by atoms with Crippen LogP contribution >= 0.6 is 0 Å². The summed E-state index contributed by atoms with van der Waals surface area (Å²) in [5, 5.41) is 12.9. The van der Waals surface area contributed by atoms with Crippen molar-refractivity contribution < 1.29 is 9.84 Å². The number of anilines is 1. The van der Waals surface area contributed by atoms with Crippen molar-refractivity contribution in [3.05, 3.63) is 23.9 Å². The summed E-state index contributed by atoms with van der Waals surface area (Å²) in [7, 11) is 0. The van der Waals surface area contributed by atoms with Gasteiger partial charge in [0.15, 0.2) is 0 Å². The highest BCUT2D eigenvalue weighted by Crippen LogP contribution is 2.25. The number of aromatic nitrogens is 1. The Labute approximate surface area is 126 Å². The SMILES string of the molecule is CC1(C)CN(c2ccc(CNC3CC3)cn2)CC(CO)O1. The maximum absolute atomic E-state index is 9.38. The molecule has 0 spiro atoms. The smallest absolute Gasteiger partial charge is 0.128 e. The van der Waals surface area contributed by atoms with E-state index in [2.05, 4.69) is 41.2 Å². The predicted molar refractivity (Wildman–Crippen MR) is 82.3 cm³/mol. The van der Waals surface area contributed by atoms with Crippen LogP contribution in [0.25, 0.3) is 0 Å². The van der Waals surface area contributed by atoms with Crippen molar-refractivity contribution in [2.24, 2.45) is 0 Å². The molecule has 21 heavy (non-hydrogen) atoms. The lowest BCUT2D eigenvalue weighted by atomic mass is 10.1. The minimum Gasteiger partial charge on any atom is -0.394 e. The molecule has 0 aromatic carbocycles. The Balaban J connectivity index is 1.64. The van der Waals surface area contributed by atoms with Crippen molar-refractivity contribution in [2.75, 3.05) is 24.6 Å². The van der Waals surface area contributed by atoms with E-state index in [4.69, 9.17) is 4.74 Å². The summed E-state index contributed by atoms with van der Waals surface area (Å²) >= 11 is 0. The number of aliphatic hydroxyl groups excluding tert-OH is 1. The molecule has 1 aliphatic heterocycles. The minimum atomic E-state index is -0.264. The van der Waals surface area contributed by atoms with Gasteiger partial charge in [-0.3, -0.25) is 0 Å². The Morgan fingerprint density at radius 2 is 2.24 bits per heavy atom. The third-order valence-corrected chi connectivity index (χ3v) is 3.99. The van der Waals surface area contributed by atoms with Crippen LogP contribution in [0.15, 0.2) is 18.3 Å². The number of nitrogens with one attached hydrogen (secondary N) is 1. The molecule has 2 fully saturated rings. The van der Waals surface area contributed by atoms with Crippen LogP contribution in [-0.4, -0.2) is 47.5 Å². The Hall–Kier alpha value is -1.17. The van der Waals surface area contributed by atoms with Crippen LogP contribution in [0, 0.1) is 0 Å². The van der Waals surface area contributed by atoms with Gasteiger partial charge in [-0.2, -0.15) is 0 Å². The minimum absolute atomic E-state index is 0.0450. The van der Waals surface area contributed by atoms with E-state index >= 15 is 0 Å². The van der Waals surface area contributed by atoms with Gasteiger partial charge in [0, 0.05) is 31.9 Å². The fourth-order valence-corrected chi connectivity index (χ4v) is 2.82. The van der Waals surface area contributed by atoms with Crippen molar-refractivity contribution >= 4 is 5.82 Å². The number of nitrogens with zero attached hydrogens (tertiary/aromatic N) is 2. The Morgan fingerprint density at radius 3 is 2.86 bits per heavy atom. The number of rotatable bonds is 5. The van der Waals surface area contributed by atoms with Crippen LogP contribution in [0.5, 0.6) is 0 Å². The van der Waals surface area contributed by atoms with Crippen molar-refractivity contribution in [1.29, 1.82) is 0 Å². The topological polar surface area (TPSA) is 57.6 Å². The molecule has 1 saturated heterocycles. The van der Waals surface area contributed by atoms with Crippen LogP contribution in [0.3, 0.4) is 0 Å². The molecule has 2 heterocycles. The molecule has 2 aliphatic rings. The first-order valence-corrected chi connectivity index (χ1v) is 7.78. The highest BCUT2D eigenvalue weighted by molar-refractivity contribution is 5.40. The Bertz CT molecular complexity index is 471. The number of ether oxygens (including phenoxy) is 1. The van der Waals surface area contributed by atoms with Crippen LogP contribution < -0.4 is 10.2 Å². The number of hydrogen-bond acceptors (Lipinski definition) is 5. The van der Waals surface area contributed by atoms with E-state index in [1.165, 1.54) is 18.4 Å². The zero-order valence-electron chi connectivity index (χ0n) is 12.9. The van der Waals surface area contributed by atoms with E-state index in [-0.39, 0.29) is 18.3 Å². The zero-order chi connectivity index (χ0) is 14.9. The molecule has 3 rings (SSSR count). The highest BCUT2D eigenvalue weighted by Gasteiger charge is 2.33. The Morgan fingerprint density at radius 1 is 1.43 bits per heavy atom. The van der Waals surface area contributed by atoms with Crippen molar-refractivity contribution in [1.82, 2.24) is 10.3 Å². The summed E-state index contributed by atoms with van der Waals surface area (Å²) in [6.45, 7) is 6.52. The van der Waals surface area contributed by atoms with Gasteiger partial charge in [-0.15, -0.1) is 0 Å². The van der Waals surface area contributed by atoms with Gasteiger partial charge in [-0.05, 0) is 38.3 Å². The fourth-order valence-electron chi connectivity index (χ4n) is 2.82. The molecule has 1 aromatic heterocycles. The molecular weight excluding hydrogens is 266 g/mol. The van der Waals surface area contributed by atoms with Crippen LogP contribution in [0.1, 0.15) is 32.3 Å². The largest absolute Gasteiger partial charge is 0.394 e. The summed E-state index contributed by atoms with van der Waals surface area (Å²) in [5.74, 6) is 0.958. The number of hydrogen-bond donors (Lipinski definition) is 2. The van der Waals surface area contributed by atoms with Gasteiger partial charge < -0.3 is 20.1 Å². The lowest BCUT2D eigenvalue weighted by Gasteiger charge is -2.42. The quantitative estimate of drug-likeness (QED) is 0.856. The molecular formula is C16H25N3O2. The molecule has 0 radical (unpaired) electrons. The first-order chi connectivity index (χ1) is 10.1. The van der Waals surface area contributed by atoms with E-state index in [1.54, 1.807) is 0 Å². The number of morpholine rings is 1. The van der Waals surface area contributed by atoms with Crippen molar-refractivity contribution in [2.45, 2.75) is 51.0 Å². The van der Waals surface area contributed by atoms with E-state index in [0.29, 0.717) is 6.54 Å². The van der Waals surface area contributed by atoms with E-state index in [0.717, 1.165) is 24.9 Å². The van der Waals surface area contributed by atoms with Crippen LogP contribution in [0.4, 0.5) is 5.82 Å². The van der Waals surface area contributed by atoms with Gasteiger partial charge in [-0.25, -0.2) is 4.98 Å². The second-order valence-corrected chi connectivity index (χ2v) is 6.74. The van der Waals surface area contributed by atoms with Crippen LogP contribution in [0.2, 0.25) is 0 Å². The van der Waals surface area contributed by atoms with E-state index in [9.17, 15) is 5.11 Å². The molecule has 1 aromatic rings. The van der Waals surface area contributed by atoms with Gasteiger partial charge in [0.1, 0.15) is 5.82 Å². The monoisotopic (exact) mass is 291 g/mol. The molecule has 5 nitrogen and oxygen atoms in total. The summed E-state index contributed by atoms with van der Waals surface area (Å²) in [6, 6.07) is 4.92. The third kappa shape index (κ3) is 3.93. The summed E-state index contributed by atoms with van der Waals surface area (Å²) < 4.78 is 5.84. The standard InChI is InChI=1S/C16H25N3O2/c1-16(2)11-19(9-14(10-20)21-16)15-6-3-12(8-18-15)7-17-13-4-5-13/h3,6,8,13-14,17,20H,4-5,7,9-11H2,1-2H3. The van der Waals surface area contributed by atoms with E-state index in [1.807, 2.05) is 6.20 Å². The fraction of sp³-hybridized carbons (Fsp3) is 0.688. The molecule has 5 heteroatoms. The molecule has 1 atom stereocenters. The third-order valence-electron chi connectivity index (χ3n) is 3.99. The highest BCUT2D eigenvalue weighted by atomic mass is 16.5.